The number of anilines is 2. The predicted molar refractivity (Wildman–Crippen MR) is 137 cm³/mol. The SMILES string of the molecule is Cn1nc(C(F)F)cc1NC(=S)N[C@H]1CCc2sc(NC(=O)C3CC3)c(S(=O)(=O)NC3CC(F)C3)c2C1. The molecule has 0 saturated heterocycles. The molecular formula is C22H27F3N6O3S3. The van der Waals surface area contributed by atoms with Gasteiger partial charge in [0, 0.05) is 36.0 Å². The first-order valence-electron chi connectivity index (χ1n) is 12.0. The van der Waals surface area contributed by atoms with Crippen LogP contribution >= 0.6 is 23.6 Å². The van der Waals surface area contributed by atoms with E-state index < -0.39 is 28.7 Å². The number of alkyl halides is 3. The number of nitrogens with zero attached hydrogens (tertiary/aromatic N) is 2. The van der Waals surface area contributed by atoms with Gasteiger partial charge in [-0.1, -0.05) is 0 Å². The van der Waals surface area contributed by atoms with Crippen LogP contribution in [0.15, 0.2) is 11.0 Å². The van der Waals surface area contributed by atoms with Crippen molar-refractivity contribution >= 4 is 55.4 Å². The molecular weight excluding hydrogens is 549 g/mol. The Hall–Kier alpha value is -2.23. The first-order valence-corrected chi connectivity index (χ1v) is 14.7. The molecule has 0 aromatic carbocycles. The normalized spacial score (nSPS) is 23.3. The zero-order valence-electron chi connectivity index (χ0n) is 19.9. The Kier molecular flexibility index (Phi) is 7.24. The molecule has 2 saturated carbocycles. The molecule has 202 valence electrons. The van der Waals surface area contributed by atoms with Gasteiger partial charge in [0.15, 0.2) is 5.11 Å². The summed E-state index contributed by atoms with van der Waals surface area (Å²) >= 11 is 6.64. The summed E-state index contributed by atoms with van der Waals surface area (Å²) in [6.07, 6.45) is -0.368. The van der Waals surface area contributed by atoms with E-state index in [4.69, 9.17) is 12.2 Å². The molecule has 4 N–H and O–H groups in total. The first-order chi connectivity index (χ1) is 17.5. The number of aromatic nitrogens is 2. The number of carbonyl (C=O) groups is 1. The number of hydrogen-bond acceptors (Lipinski definition) is 6. The largest absolute Gasteiger partial charge is 0.359 e. The lowest BCUT2D eigenvalue weighted by Crippen LogP contribution is -2.45. The second-order valence-electron chi connectivity index (χ2n) is 9.73. The van der Waals surface area contributed by atoms with Gasteiger partial charge >= 0.3 is 0 Å². The van der Waals surface area contributed by atoms with Gasteiger partial charge in [0.25, 0.3) is 6.43 Å². The van der Waals surface area contributed by atoms with Crippen molar-refractivity contribution in [3.05, 3.63) is 22.2 Å². The lowest BCUT2D eigenvalue weighted by Gasteiger charge is -2.30. The smallest absolute Gasteiger partial charge is 0.282 e. The zero-order chi connectivity index (χ0) is 26.5. The van der Waals surface area contributed by atoms with Gasteiger partial charge in [-0.05, 0) is 62.7 Å². The van der Waals surface area contributed by atoms with Crippen LogP contribution in [-0.2, 0) is 34.7 Å². The fourth-order valence-corrected chi connectivity index (χ4v) is 8.09. The second-order valence-corrected chi connectivity index (χ2v) is 12.9. The van der Waals surface area contributed by atoms with Gasteiger partial charge in [-0.2, -0.15) is 5.10 Å². The summed E-state index contributed by atoms with van der Waals surface area (Å²) in [7, 11) is -2.50. The fourth-order valence-electron chi connectivity index (χ4n) is 4.58. The van der Waals surface area contributed by atoms with Crippen LogP contribution in [0.1, 0.15) is 54.7 Å². The third-order valence-electron chi connectivity index (χ3n) is 6.77. The maximum atomic E-state index is 13.4. The lowest BCUT2D eigenvalue weighted by molar-refractivity contribution is -0.117. The topological polar surface area (TPSA) is 117 Å². The van der Waals surface area contributed by atoms with Crippen molar-refractivity contribution in [1.82, 2.24) is 19.8 Å². The molecule has 0 aliphatic heterocycles. The second kappa shape index (κ2) is 10.2. The van der Waals surface area contributed by atoms with E-state index in [1.54, 1.807) is 0 Å². The number of rotatable bonds is 8. The number of sulfonamides is 1. The van der Waals surface area contributed by atoms with Crippen LogP contribution in [-0.4, -0.2) is 47.5 Å². The van der Waals surface area contributed by atoms with Gasteiger partial charge in [-0.15, -0.1) is 11.3 Å². The third-order valence-corrected chi connectivity index (χ3v) is 9.96. The maximum Gasteiger partial charge on any atom is 0.282 e. The van der Waals surface area contributed by atoms with E-state index in [-0.39, 0.29) is 46.4 Å². The van der Waals surface area contributed by atoms with E-state index in [2.05, 4.69) is 25.8 Å². The molecule has 0 unspecified atom stereocenters. The molecule has 15 heteroatoms. The number of hydrogen-bond donors (Lipinski definition) is 4. The molecule has 0 spiro atoms. The molecule has 2 aromatic rings. The van der Waals surface area contributed by atoms with Crippen LogP contribution in [0.4, 0.5) is 24.0 Å². The van der Waals surface area contributed by atoms with Crippen molar-refractivity contribution in [2.24, 2.45) is 13.0 Å². The van der Waals surface area contributed by atoms with E-state index in [0.717, 1.165) is 17.7 Å². The minimum Gasteiger partial charge on any atom is -0.359 e. The van der Waals surface area contributed by atoms with E-state index in [1.807, 2.05) is 0 Å². The van der Waals surface area contributed by atoms with Gasteiger partial charge in [0.1, 0.15) is 27.6 Å². The van der Waals surface area contributed by atoms with E-state index in [0.29, 0.717) is 35.6 Å². The lowest BCUT2D eigenvalue weighted by atomic mass is 9.92. The highest BCUT2D eigenvalue weighted by atomic mass is 32.2. The molecule has 1 amide bonds. The van der Waals surface area contributed by atoms with Gasteiger partial charge in [0.05, 0.1) is 0 Å². The molecule has 9 nitrogen and oxygen atoms in total. The Balaban J connectivity index is 1.34. The van der Waals surface area contributed by atoms with Crippen molar-refractivity contribution in [3.63, 3.8) is 0 Å². The van der Waals surface area contributed by atoms with Gasteiger partial charge in [-0.3, -0.25) is 9.48 Å². The monoisotopic (exact) mass is 576 g/mol. The molecule has 2 aromatic heterocycles. The highest BCUT2D eigenvalue weighted by Crippen LogP contribution is 2.42. The van der Waals surface area contributed by atoms with Crippen molar-refractivity contribution < 1.29 is 26.4 Å². The highest BCUT2D eigenvalue weighted by Gasteiger charge is 2.39. The third kappa shape index (κ3) is 5.78. The average Bonchev–Trinajstić information content (AvgIpc) is 3.49. The van der Waals surface area contributed by atoms with Crippen LogP contribution in [0, 0.1) is 5.92 Å². The number of thiocarbonyl (C=S) groups is 1. The number of aryl methyl sites for hydroxylation is 2. The minimum atomic E-state index is -4.01. The number of carbonyl (C=O) groups excluding carboxylic acids is 1. The molecule has 3 aliphatic carbocycles. The molecule has 0 radical (unpaired) electrons. The molecule has 0 bridgehead atoms. The number of amides is 1. The van der Waals surface area contributed by atoms with Crippen molar-refractivity contribution in [2.75, 3.05) is 10.6 Å². The molecule has 1 atom stereocenters. The fraction of sp³-hybridized carbons (Fsp3) is 0.591. The van der Waals surface area contributed by atoms with Crippen LogP contribution in [0.5, 0.6) is 0 Å². The van der Waals surface area contributed by atoms with Crippen LogP contribution in [0.3, 0.4) is 0 Å². The molecule has 37 heavy (non-hydrogen) atoms. The quantitative estimate of drug-likeness (QED) is 0.356. The molecule has 3 aliphatic rings. The van der Waals surface area contributed by atoms with Gasteiger partial charge in [0.2, 0.25) is 15.9 Å². The summed E-state index contributed by atoms with van der Waals surface area (Å²) in [5, 5.41) is 13.1. The molecule has 5 rings (SSSR count). The Morgan fingerprint density at radius 2 is 1.95 bits per heavy atom. The molecule has 2 fully saturated rings. The number of fused-ring (bicyclic) bond motifs is 1. The maximum absolute atomic E-state index is 13.4. The van der Waals surface area contributed by atoms with Crippen molar-refractivity contribution in [1.29, 1.82) is 0 Å². The number of thiophene rings is 1. The first kappa shape index (κ1) is 26.4. The van der Waals surface area contributed by atoms with E-state index in [1.165, 1.54) is 29.1 Å². The summed E-state index contributed by atoms with van der Waals surface area (Å²) in [6.45, 7) is 0. The number of halogens is 3. The summed E-state index contributed by atoms with van der Waals surface area (Å²) in [5.41, 5.74) is 0.230. The Morgan fingerprint density at radius 3 is 2.57 bits per heavy atom. The van der Waals surface area contributed by atoms with Crippen molar-refractivity contribution in [2.45, 2.75) is 74.5 Å². The standard InChI is InChI=1S/C22H27F3N6O3S3/c1-31-17(9-15(29-31)19(24)25)27-22(35)26-12-4-5-16-14(8-12)18(21(36-16)28-20(32)10-2-3-10)37(33,34)30-13-6-11(23)7-13/h9-13,19,30H,2-8H2,1H3,(H,28,32)(H2,26,27,35)/t11?,12-,13?/m0/s1. The number of nitrogens with one attached hydrogen (secondary N) is 4. The zero-order valence-corrected chi connectivity index (χ0v) is 22.3. The average molecular weight is 577 g/mol. The van der Waals surface area contributed by atoms with E-state index >= 15 is 0 Å². The van der Waals surface area contributed by atoms with Crippen LogP contribution in [0.25, 0.3) is 0 Å². The van der Waals surface area contributed by atoms with Crippen LogP contribution < -0.4 is 20.7 Å². The van der Waals surface area contributed by atoms with Gasteiger partial charge < -0.3 is 16.0 Å². The van der Waals surface area contributed by atoms with Crippen LogP contribution in [0.2, 0.25) is 0 Å². The summed E-state index contributed by atoms with van der Waals surface area (Å²) in [4.78, 5) is 13.4. The molecule has 2 heterocycles. The Bertz CT molecular complexity index is 1320. The van der Waals surface area contributed by atoms with Gasteiger partial charge in [-0.25, -0.2) is 26.3 Å². The van der Waals surface area contributed by atoms with E-state index in [9.17, 15) is 26.4 Å². The Labute approximate surface area is 221 Å². The summed E-state index contributed by atoms with van der Waals surface area (Å²) < 4.78 is 69.9. The Morgan fingerprint density at radius 1 is 1.22 bits per heavy atom. The van der Waals surface area contributed by atoms with Crippen molar-refractivity contribution in [3.8, 4) is 0 Å². The minimum absolute atomic E-state index is 0.0439. The summed E-state index contributed by atoms with van der Waals surface area (Å²) in [5.74, 6) is 0.00275. The predicted octanol–water partition coefficient (Wildman–Crippen LogP) is 3.39. The summed E-state index contributed by atoms with van der Waals surface area (Å²) in [6, 6.07) is 0.503. The highest BCUT2D eigenvalue weighted by molar-refractivity contribution is 7.90.